The van der Waals surface area contributed by atoms with E-state index in [0.717, 1.165) is 38.3 Å². The van der Waals surface area contributed by atoms with Crippen LogP contribution in [0.15, 0.2) is 6.07 Å². The number of halogens is 1. The van der Waals surface area contributed by atoms with E-state index in [4.69, 9.17) is 22.1 Å². The van der Waals surface area contributed by atoms with Crippen molar-refractivity contribution in [3.8, 4) is 5.75 Å². The SMILES string of the molecule is CN(C)C1C(=O)C(C(N)=O)C(O)C2C(=O)C3C(=O)c4c(O)cc(CN(CC5CC5)CC5CCOC5)c(Cl)c4CC3CC21. The number of amides is 1. The van der Waals surface area contributed by atoms with E-state index in [1.165, 1.54) is 12.8 Å². The number of phenolic OH excluding ortho intramolecular Hbond substituents is 1. The van der Waals surface area contributed by atoms with Crippen molar-refractivity contribution < 1.29 is 34.1 Å². The summed E-state index contributed by atoms with van der Waals surface area (Å²) >= 11 is 7.01. The first-order chi connectivity index (χ1) is 20.0. The predicted molar refractivity (Wildman–Crippen MR) is 153 cm³/mol. The van der Waals surface area contributed by atoms with E-state index >= 15 is 0 Å². The quantitative estimate of drug-likeness (QED) is 0.376. The number of aromatic hydroxyl groups is 1. The molecule has 8 atom stereocenters. The molecule has 4 N–H and O–H groups in total. The molecule has 1 heterocycles. The molecule has 0 spiro atoms. The second kappa shape index (κ2) is 11.3. The lowest BCUT2D eigenvalue weighted by Crippen LogP contribution is -2.66. The fraction of sp³-hybridized carbons (Fsp3) is 0.677. The van der Waals surface area contributed by atoms with Crippen LogP contribution in [0.2, 0.25) is 5.02 Å². The highest BCUT2D eigenvalue weighted by atomic mass is 35.5. The fourth-order valence-corrected chi connectivity index (χ4v) is 8.54. The van der Waals surface area contributed by atoms with Crippen LogP contribution < -0.4 is 5.73 Å². The summed E-state index contributed by atoms with van der Waals surface area (Å²) in [5, 5.41) is 22.7. The van der Waals surface area contributed by atoms with Crippen molar-refractivity contribution >= 4 is 34.9 Å². The molecule has 0 bridgehead atoms. The van der Waals surface area contributed by atoms with Crippen LogP contribution in [0, 0.1) is 41.4 Å². The summed E-state index contributed by atoms with van der Waals surface area (Å²) in [6, 6.07) is 0.753. The minimum Gasteiger partial charge on any atom is -0.507 e. The minimum absolute atomic E-state index is 0.0618. The van der Waals surface area contributed by atoms with E-state index in [1.807, 2.05) is 0 Å². The van der Waals surface area contributed by atoms with Gasteiger partial charge in [0.05, 0.1) is 36.2 Å². The van der Waals surface area contributed by atoms with Gasteiger partial charge in [0.25, 0.3) is 0 Å². The average molecular weight is 602 g/mol. The number of primary amides is 1. The number of aliphatic hydroxyl groups is 1. The molecule has 1 amide bonds. The molecule has 0 aromatic heterocycles. The van der Waals surface area contributed by atoms with Crippen molar-refractivity contribution in [3.05, 3.63) is 27.8 Å². The molecule has 5 aliphatic rings. The number of Topliss-reactive ketones (excluding diaryl/α,β-unsaturated/α-hetero) is 3. The first kappa shape index (κ1) is 29.7. The van der Waals surface area contributed by atoms with Crippen LogP contribution >= 0.6 is 11.6 Å². The third kappa shape index (κ3) is 5.09. The lowest BCUT2D eigenvalue weighted by molar-refractivity contribution is -0.162. The second-order valence-corrected chi connectivity index (χ2v) is 13.8. The van der Waals surface area contributed by atoms with Gasteiger partial charge in [0.2, 0.25) is 5.91 Å². The topological polar surface area (TPSA) is 150 Å². The second-order valence-electron chi connectivity index (χ2n) is 13.4. The maximum Gasteiger partial charge on any atom is 0.230 e. The third-order valence-electron chi connectivity index (χ3n) is 10.3. The molecular weight excluding hydrogens is 562 g/mol. The standard InChI is InChI=1S/C31H40ClN3O7/c1-34(2)26-19-8-16-7-18-22(27(37)21(16)28(38)23(19)29(39)24(30(26)40)31(33)41)20(36)9-17(25(18)32)12-35(10-14-3-4-14)11-15-5-6-42-13-15/h9,14-16,19,21,23-24,26,29,36,39H,3-8,10-13H2,1-2H3,(H2,33,41). The van der Waals surface area contributed by atoms with Crippen LogP contribution in [0.3, 0.4) is 0 Å². The number of aliphatic hydroxyl groups excluding tert-OH is 1. The van der Waals surface area contributed by atoms with Gasteiger partial charge in [-0.15, -0.1) is 0 Å². The Morgan fingerprint density at radius 2 is 1.83 bits per heavy atom. The summed E-state index contributed by atoms with van der Waals surface area (Å²) < 4.78 is 5.59. The molecule has 0 radical (unpaired) electrons. The molecule has 1 aliphatic heterocycles. The van der Waals surface area contributed by atoms with Gasteiger partial charge in [0.1, 0.15) is 17.5 Å². The normalized spacial score (nSPS) is 34.5. The lowest BCUT2D eigenvalue weighted by Gasteiger charge is -2.51. The molecule has 6 rings (SSSR count). The molecule has 1 aromatic carbocycles. The zero-order valence-corrected chi connectivity index (χ0v) is 24.9. The number of fused-ring (bicyclic) bond motifs is 3. The zero-order chi connectivity index (χ0) is 30.0. The van der Waals surface area contributed by atoms with Crippen molar-refractivity contribution in [1.82, 2.24) is 9.80 Å². The number of carbonyl (C=O) groups is 4. The molecule has 1 aromatic rings. The fourth-order valence-electron chi connectivity index (χ4n) is 8.25. The van der Waals surface area contributed by atoms with Gasteiger partial charge in [-0.05, 0) is 87.1 Å². The van der Waals surface area contributed by atoms with Crippen molar-refractivity contribution in [2.24, 2.45) is 47.2 Å². The number of carbonyl (C=O) groups excluding carboxylic acids is 4. The van der Waals surface area contributed by atoms with Crippen LogP contribution in [0.1, 0.15) is 47.2 Å². The molecule has 4 aliphatic carbocycles. The molecule has 8 unspecified atom stereocenters. The summed E-state index contributed by atoms with van der Waals surface area (Å²) in [6.07, 6.45) is 2.45. The lowest BCUT2D eigenvalue weighted by atomic mass is 9.54. The van der Waals surface area contributed by atoms with Gasteiger partial charge in [0.15, 0.2) is 11.6 Å². The number of nitrogens with zero attached hydrogens (tertiary/aromatic N) is 2. The number of hydrogen-bond acceptors (Lipinski definition) is 9. The van der Waals surface area contributed by atoms with E-state index in [9.17, 15) is 29.4 Å². The highest BCUT2D eigenvalue weighted by Crippen LogP contribution is 2.51. The molecule has 228 valence electrons. The monoisotopic (exact) mass is 601 g/mol. The smallest absolute Gasteiger partial charge is 0.230 e. The van der Waals surface area contributed by atoms with Gasteiger partial charge >= 0.3 is 0 Å². The Hall–Kier alpha value is -2.37. The Morgan fingerprint density at radius 1 is 1.12 bits per heavy atom. The number of benzene rings is 1. The zero-order valence-electron chi connectivity index (χ0n) is 24.1. The minimum atomic E-state index is -1.60. The first-order valence-electron chi connectivity index (χ1n) is 15.1. The highest BCUT2D eigenvalue weighted by Gasteiger charge is 2.61. The van der Waals surface area contributed by atoms with Gasteiger partial charge in [-0.2, -0.15) is 0 Å². The largest absolute Gasteiger partial charge is 0.507 e. The van der Waals surface area contributed by atoms with E-state index < -0.39 is 65.0 Å². The van der Waals surface area contributed by atoms with E-state index in [1.54, 1.807) is 25.1 Å². The summed E-state index contributed by atoms with van der Waals surface area (Å²) in [7, 11) is 3.39. The summed E-state index contributed by atoms with van der Waals surface area (Å²) in [5.41, 5.74) is 6.84. The first-order valence-corrected chi connectivity index (χ1v) is 15.4. The molecule has 1 saturated heterocycles. The molecular formula is C31H40ClN3O7. The Labute approximate surface area is 250 Å². The van der Waals surface area contributed by atoms with Crippen LogP contribution in [0.4, 0.5) is 0 Å². The molecule has 3 saturated carbocycles. The van der Waals surface area contributed by atoms with Crippen LogP contribution in [0.5, 0.6) is 5.75 Å². The van der Waals surface area contributed by atoms with Crippen molar-refractivity contribution in [2.75, 3.05) is 40.4 Å². The van der Waals surface area contributed by atoms with Crippen LogP contribution in [0.25, 0.3) is 0 Å². The number of rotatable bonds is 8. The van der Waals surface area contributed by atoms with Crippen LogP contribution in [-0.2, 0) is 32.1 Å². The Kier molecular flexibility index (Phi) is 7.98. The number of ketones is 3. The Morgan fingerprint density at radius 3 is 2.45 bits per heavy atom. The Bertz CT molecular complexity index is 1310. The maximum atomic E-state index is 14.0. The summed E-state index contributed by atoms with van der Waals surface area (Å²) in [5.74, 6) is -6.34. The van der Waals surface area contributed by atoms with E-state index in [2.05, 4.69) is 4.90 Å². The summed E-state index contributed by atoms with van der Waals surface area (Å²) in [6.45, 7) is 3.87. The third-order valence-corrected chi connectivity index (χ3v) is 10.7. The van der Waals surface area contributed by atoms with Crippen LogP contribution in [-0.4, -0.2) is 95.8 Å². The van der Waals surface area contributed by atoms with E-state index in [-0.39, 0.29) is 11.3 Å². The number of phenols is 1. The molecule has 10 nitrogen and oxygen atoms in total. The molecule has 42 heavy (non-hydrogen) atoms. The number of hydrogen-bond donors (Lipinski definition) is 3. The number of nitrogens with two attached hydrogens (primary N) is 1. The number of likely N-dealkylation sites (N-methyl/N-ethyl adjacent to an activating group) is 1. The predicted octanol–water partition coefficient (Wildman–Crippen LogP) is 1.45. The number of ether oxygens (including phenoxy) is 1. The molecule has 11 heteroatoms. The van der Waals surface area contributed by atoms with Crippen molar-refractivity contribution in [1.29, 1.82) is 0 Å². The van der Waals surface area contributed by atoms with Gasteiger partial charge in [-0.3, -0.25) is 29.0 Å². The highest BCUT2D eigenvalue weighted by molar-refractivity contribution is 6.33. The maximum absolute atomic E-state index is 14.0. The summed E-state index contributed by atoms with van der Waals surface area (Å²) in [4.78, 5) is 57.4. The van der Waals surface area contributed by atoms with Gasteiger partial charge < -0.3 is 20.7 Å². The van der Waals surface area contributed by atoms with E-state index in [0.29, 0.717) is 41.8 Å². The van der Waals surface area contributed by atoms with Gasteiger partial charge in [-0.25, -0.2) is 0 Å². The Balaban J connectivity index is 1.32. The van der Waals surface area contributed by atoms with Crippen molar-refractivity contribution in [3.63, 3.8) is 0 Å². The average Bonchev–Trinajstić information content (AvgIpc) is 3.57. The van der Waals surface area contributed by atoms with Gasteiger partial charge in [0, 0.05) is 31.3 Å². The molecule has 4 fully saturated rings. The van der Waals surface area contributed by atoms with Crippen molar-refractivity contribution in [2.45, 2.75) is 50.8 Å². The van der Waals surface area contributed by atoms with Gasteiger partial charge in [-0.1, -0.05) is 11.6 Å².